The van der Waals surface area contributed by atoms with Crippen molar-refractivity contribution in [3.63, 3.8) is 0 Å². The standard InChI is InChI=1S/C16H29Br2N4O4P/c1-12(2)15(6-7-17)27(25,21(9-8-18)13(3)4)26-11-14-10-19-16(20(14)5)22(23)24/h10,12-13,15H,6-9,11H2,1-5H3. The van der Waals surface area contributed by atoms with E-state index in [1.54, 1.807) is 7.05 Å². The summed E-state index contributed by atoms with van der Waals surface area (Å²) < 4.78 is 23.6. The van der Waals surface area contributed by atoms with Crippen LogP contribution in [-0.4, -0.2) is 48.1 Å². The Morgan fingerprint density at radius 3 is 2.37 bits per heavy atom. The van der Waals surface area contributed by atoms with E-state index in [-0.39, 0.29) is 30.2 Å². The van der Waals surface area contributed by atoms with Crippen LogP contribution in [0.25, 0.3) is 0 Å². The maximum absolute atomic E-state index is 14.2. The van der Waals surface area contributed by atoms with Gasteiger partial charge < -0.3 is 14.6 Å². The van der Waals surface area contributed by atoms with Crippen molar-refractivity contribution in [2.75, 3.05) is 17.2 Å². The van der Waals surface area contributed by atoms with E-state index in [1.807, 2.05) is 32.4 Å². The number of aromatic nitrogens is 2. The number of nitro groups is 1. The van der Waals surface area contributed by atoms with Crippen molar-refractivity contribution in [2.45, 2.75) is 52.4 Å². The lowest BCUT2D eigenvalue weighted by molar-refractivity contribution is -0.396. The Morgan fingerprint density at radius 1 is 1.33 bits per heavy atom. The van der Waals surface area contributed by atoms with E-state index in [0.717, 1.165) is 5.33 Å². The van der Waals surface area contributed by atoms with Crippen molar-refractivity contribution in [1.82, 2.24) is 14.2 Å². The van der Waals surface area contributed by atoms with E-state index in [9.17, 15) is 14.7 Å². The molecule has 0 aromatic carbocycles. The molecule has 2 atom stereocenters. The van der Waals surface area contributed by atoms with Crippen LogP contribution in [0.15, 0.2) is 6.20 Å². The minimum absolute atomic E-state index is 0.00558. The van der Waals surface area contributed by atoms with Crippen LogP contribution in [0.4, 0.5) is 5.95 Å². The monoisotopic (exact) mass is 530 g/mol. The van der Waals surface area contributed by atoms with Crippen LogP contribution in [0.3, 0.4) is 0 Å². The van der Waals surface area contributed by atoms with E-state index in [0.29, 0.717) is 24.0 Å². The van der Waals surface area contributed by atoms with E-state index < -0.39 is 12.4 Å². The Bertz CT molecular complexity index is 647. The number of imidazole rings is 1. The third kappa shape index (κ3) is 6.10. The lowest BCUT2D eigenvalue weighted by Crippen LogP contribution is -2.36. The highest BCUT2D eigenvalue weighted by Crippen LogP contribution is 2.60. The molecule has 2 unspecified atom stereocenters. The normalized spacial score (nSPS) is 15.5. The molecule has 0 saturated heterocycles. The molecule has 0 fully saturated rings. The summed E-state index contributed by atoms with van der Waals surface area (Å²) >= 11 is 6.92. The molecular weight excluding hydrogens is 503 g/mol. The predicted octanol–water partition coefficient (Wildman–Crippen LogP) is 4.95. The number of alkyl halides is 2. The van der Waals surface area contributed by atoms with Gasteiger partial charge in [0.05, 0.1) is 12.7 Å². The highest BCUT2D eigenvalue weighted by atomic mass is 79.9. The lowest BCUT2D eigenvalue weighted by Gasteiger charge is -2.39. The zero-order chi connectivity index (χ0) is 20.8. The first-order chi connectivity index (χ1) is 12.6. The molecule has 0 N–H and O–H groups in total. The van der Waals surface area contributed by atoms with Gasteiger partial charge in [0, 0.05) is 23.2 Å². The number of hydrogen-bond donors (Lipinski definition) is 0. The first kappa shape index (κ1) is 24.8. The molecule has 0 bridgehead atoms. The lowest BCUT2D eigenvalue weighted by atomic mass is 10.1. The largest absolute Gasteiger partial charge is 0.434 e. The van der Waals surface area contributed by atoms with E-state index in [4.69, 9.17) is 4.52 Å². The quantitative estimate of drug-likeness (QED) is 0.164. The first-order valence-corrected chi connectivity index (χ1v) is 12.8. The van der Waals surface area contributed by atoms with Crippen molar-refractivity contribution in [1.29, 1.82) is 0 Å². The molecule has 0 aliphatic rings. The highest BCUT2D eigenvalue weighted by molar-refractivity contribution is 9.09. The molecule has 1 heterocycles. The molecule has 0 radical (unpaired) electrons. The second kappa shape index (κ2) is 11.0. The Kier molecular flexibility index (Phi) is 10.1. The van der Waals surface area contributed by atoms with Crippen molar-refractivity contribution in [3.05, 3.63) is 22.0 Å². The SMILES string of the molecule is CC(C)C(CCBr)P(=O)(OCc1cnc([N+](=O)[O-])n1C)N(CCBr)C(C)C. The minimum Gasteiger partial charge on any atom is -0.390 e. The molecule has 0 aliphatic carbocycles. The topological polar surface area (TPSA) is 90.5 Å². The van der Waals surface area contributed by atoms with Crippen molar-refractivity contribution >= 4 is 45.3 Å². The van der Waals surface area contributed by atoms with Crippen molar-refractivity contribution in [2.24, 2.45) is 13.0 Å². The Hall–Kier alpha value is -0.280. The number of hydrogen-bond acceptors (Lipinski definition) is 5. The van der Waals surface area contributed by atoms with E-state index in [1.165, 1.54) is 10.8 Å². The molecular formula is C16H29Br2N4O4P. The van der Waals surface area contributed by atoms with Crippen LogP contribution in [0.2, 0.25) is 0 Å². The first-order valence-electron chi connectivity index (χ1n) is 8.88. The molecule has 1 aromatic heterocycles. The minimum atomic E-state index is -3.22. The molecule has 11 heteroatoms. The van der Waals surface area contributed by atoms with Crippen LogP contribution >= 0.6 is 39.4 Å². The smallest absolute Gasteiger partial charge is 0.390 e. The van der Waals surface area contributed by atoms with Crippen LogP contribution in [0, 0.1) is 16.0 Å². The van der Waals surface area contributed by atoms with Gasteiger partial charge in [-0.1, -0.05) is 50.7 Å². The second-order valence-corrected chi connectivity index (χ2v) is 11.1. The predicted molar refractivity (Wildman–Crippen MR) is 115 cm³/mol. The Labute approximate surface area is 178 Å². The zero-order valence-corrected chi connectivity index (χ0v) is 20.5. The molecule has 0 saturated carbocycles. The number of rotatable bonds is 12. The molecule has 8 nitrogen and oxygen atoms in total. The van der Waals surface area contributed by atoms with Gasteiger partial charge in [0.25, 0.3) is 7.52 Å². The summed E-state index contributed by atoms with van der Waals surface area (Å²) in [6.45, 7) is 8.69. The number of nitrogens with zero attached hydrogens (tertiary/aromatic N) is 4. The van der Waals surface area contributed by atoms with Crippen molar-refractivity contribution < 1.29 is 14.0 Å². The Balaban J connectivity index is 3.24. The molecule has 0 spiro atoms. The summed E-state index contributed by atoms with van der Waals surface area (Å²) in [5.41, 5.74) is 0.368. The maximum Gasteiger partial charge on any atom is 0.434 e. The van der Waals surface area contributed by atoms with Crippen LogP contribution in [0.5, 0.6) is 0 Å². The third-order valence-corrected chi connectivity index (χ3v) is 8.86. The molecule has 27 heavy (non-hydrogen) atoms. The van der Waals surface area contributed by atoms with Gasteiger partial charge in [-0.05, 0) is 31.1 Å². The van der Waals surface area contributed by atoms with Gasteiger partial charge >= 0.3 is 5.95 Å². The molecule has 1 aromatic rings. The van der Waals surface area contributed by atoms with E-state index >= 15 is 0 Å². The van der Waals surface area contributed by atoms with Gasteiger partial charge in [0.1, 0.15) is 18.5 Å². The average molecular weight is 532 g/mol. The highest BCUT2D eigenvalue weighted by Gasteiger charge is 2.43. The van der Waals surface area contributed by atoms with Gasteiger partial charge in [-0.25, -0.2) is 9.24 Å². The summed E-state index contributed by atoms with van der Waals surface area (Å²) in [6, 6.07) is 0.0332. The second-order valence-electron chi connectivity index (χ2n) is 6.94. The summed E-state index contributed by atoms with van der Waals surface area (Å²) in [6.07, 6.45) is 2.12. The summed E-state index contributed by atoms with van der Waals surface area (Å²) in [7, 11) is -1.66. The average Bonchev–Trinajstić information content (AvgIpc) is 2.95. The van der Waals surface area contributed by atoms with Gasteiger partial charge in [0.15, 0.2) is 0 Å². The van der Waals surface area contributed by atoms with Crippen LogP contribution in [0.1, 0.15) is 39.8 Å². The molecule has 0 amide bonds. The molecule has 1 rings (SSSR count). The Morgan fingerprint density at radius 2 is 1.96 bits per heavy atom. The van der Waals surface area contributed by atoms with Crippen LogP contribution < -0.4 is 0 Å². The van der Waals surface area contributed by atoms with Gasteiger partial charge in [-0.3, -0.25) is 4.57 Å². The molecule has 0 aliphatic heterocycles. The fourth-order valence-electron chi connectivity index (χ4n) is 3.05. The van der Waals surface area contributed by atoms with E-state index in [2.05, 4.69) is 36.8 Å². The third-order valence-electron chi connectivity index (χ3n) is 4.48. The zero-order valence-electron chi connectivity index (χ0n) is 16.5. The molecule has 156 valence electrons. The number of halogens is 2. The summed E-state index contributed by atoms with van der Waals surface area (Å²) in [4.78, 5) is 14.3. The fourth-order valence-corrected chi connectivity index (χ4v) is 7.82. The summed E-state index contributed by atoms with van der Waals surface area (Å²) in [5, 5.41) is 12.4. The van der Waals surface area contributed by atoms with Gasteiger partial charge in [0.2, 0.25) is 0 Å². The summed E-state index contributed by atoms with van der Waals surface area (Å²) in [5.74, 6) is -0.101. The van der Waals surface area contributed by atoms with Gasteiger partial charge in [-0.15, -0.1) is 0 Å². The van der Waals surface area contributed by atoms with Crippen molar-refractivity contribution in [3.8, 4) is 0 Å². The fraction of sp³-hybridized carbons (Fsp3) is 0.812. The van der Waals surface area contributed by atoms with Crippen LogP contribution in [-0.2, 0) is 22.7 Å². The van der Waals surface area contributed by atoms with Gasteiger partial charge in [-0.2, -0.15) is 0 Å². The maximum atomic E-state index is 14.2.